The van der Waals surface area contributed by atoms with E-state index < -0.39 is 0 Å². The van der Waals surface area contributed by atoms with Crippen molar-refractivity contribution < 1.29 is 4.79 Å². The fraction of sp³-hybridized carbons (Fsp3) is 0.667. The fourth-order valence-corrected chi connectivity index (χ4v) is 1.70. The standard InChI is InChI=1S/C12H22N4O.HI/c1-9(2)7-14-12(13)15-8-10-4-5-16(3)11(17)6-10;/h10H,1,4-8H2,2-3H3,(H3,13,14,15);1H. The number of likely N-dealkylation sites (tertiary alicyclic amines) is 1. The molecule has 5 nitrogen and oxygen atoms in total. The zero-order valence-corrected chi connectivity index (χ0v) is 13.4. The third-order valence-corrected chi connectivity index (χ3v) is 2.85. The number of carbonyl (C=O) groups excluding carboxylic acids is 1. The molecule has 1 rings (SSSR count). The molecule has 1 saturated heterocycles. The Hall–Kier alpha value is -0.790. The van der Waals surface area contributed by atoms with Gasteiger partial charge in [0, 0.05) is 26.6 Å². The topological polar surface area (TPSA) is 70.7 Å². The molecule has 0 aromatic heterocycles. The van der Waals surface area contributed by atoms with Gasteiger partial charge in [0.1, 0.15) is 0 Å². The van der Waals surface area contributed by atoms with Crippen LogP contribution in [0.15, 0.2) is 17.1 Å². The summed E-state index contributed by atoms with van der Waals surface area (Å²) in [6.45, 7) is 7.75. The highest BCUT2D eigenvalue weighted by molar-refractivity contribution is 14.0. The van der Waals surface area contributed by atoms with Gasteiger partial charge in [-0.25, -0.2) is 4.99 Å². The molecule has 1 atom stereocenters. The maximum Gasteiger partial charge on any atom is 0.222 e. The molecular formula is C12H23IN4O. The van der Waals surface area contributed by atoms with Gasteiger partial charge in [0.15, 0.2) is 5.96 Å². The number of nitrogens with two attached hydrogens (primary N) is 1. The summed E-state index contributed by atoms with van der Waals surface area (Å²) in [7, 11) is 1.84. The van der Waals surface area contributed by atoms with Crippen LogP contribution in [0.5, 0.6) is 0 Å². The van der Waals surface area contributed by atoms with E-state index in [-0.39, 0.29) is 29.9 Å². The molecule has 0 saturated carbocycles. The summed E-state index contributed by atoms with van der Waals surface area (Å²) in [4.78, 5) is 17.4. The SMILES string of the molecule is C=C(C)CN=C(N)NCC1CCN(C)C(=O)C1.I. The van der Waals surface area contributed by atoms with E-state index in [0.29, 0.717) is 31.4 Å². The predicted molar refractivity (Wildman–Crippen MR) is 85.1 cm³/mol. The molecule has 1 aliphatic rings. The lowest BCUT2D eigenvalue weighted by Gasteiger charge is -2.28. The second-order valence-electron chi connectivity index (χ2n) is 4.71. The average molecular weight is 366 g/mol. The van der Waals surface area contributed by atoms with Crippen LogP contribution in [0.25, 0.3) is 0 Å². The van der Waals surface area contributed by atoms with Crippen LogP contribution in [0.1, 0.15) is 19.8 Å². The van der Waals surface area contributed by atoms with Crippen molar-refractivity contribution in [1.82, 2.24) is 10.2 Å². The zero-order valence-electron chi connectivity index (χ0n) is 11.1. The molecule has 0 bridgehead atoms. The molecule has 0 aromatic carbocycles. The zero-order chi connectivity index (χ0) is 12.8. The van der Waals surface area contributed by atoms with Crippen molar-refractivity contribution in [3.05, 3.63) is 12.2 Å². The van der Waals surface area contributed by atoms with E-state index in [4.69, 9.17) is 5.73 Å². The molecular weight excluding hydrogens is 343 g/mol. The highest BCUT2D eigenvalue weighted by atomic mass is 127. The minimum atomic E-state index is 0. The molecule has 3 N–H and O–H groups in total. The van der Waals surface area contributed by atoms with Gasteiger partial charge in [0.05, 0.1) is 6.54 Å². The van der Waals surface area contributed by atoms with Gasteiger partial charge >= 0.3 is 0 Å². The van der Waals surface area contributed by atoms with E-state index in [9.17, 15) is 4.79 Å². The summed E-state index contributed by atoms with van der Waals surface area (Å²) in [6.07, 6.45) is 1.61. The first kappa shape index (κ1) is 17.2. The van der Waals surface area contributed by atoms with Gasteiger partial charge in [-0.05, 0) is 19.3 Å². The van der Waals surface area contributed by atoms with Crippen LogP contribution in [0.2, 0.25) is 0 Å². The second-order valence-corrected chi connectivity index (χ2v) is 4.71. The van der Waals surface area contributed by atoms with Gasteiger partial charge in [-0.1, -0.05) is 12.2 Å². The summed E-state index contributed by atoms with van der Waals surface area (Å²) in [5.41, 5.74) is 6.68. The van der Waals surface area contributed by atoms with Gasteiger partial charge in [0.25, 0.3) is 0 Å². The summed E-state index contributed by atoms with van der Waals surface area (Å²) in [5, 5.41) is 3.06. The Morgan fingerprint density at radius 3 is 2.89 bits per heavy atom. The van der Waals surface area contributed by atoms with Crippen molar-refractivity contribution in [2.24, 2.45) is 16.6 Å². The molecule has 1 heterocycles. The molecule has 0 aliphatic carbocycles. The lowest BCUT2D eigenvalue weighted by Crippen LogP contribution is -2.42. The van der Waals surface area contributed by atoms with Crippen LogP contribution in [-0.2, 0) is 4.79 Å². The Morgan fingerprint density at radius 1 is 1.67 bits per heavy atom. The van der Waals surface area contributed by atoms with Gasteiger partial charge in [0.2, 0.25) is 5.91 Å². The van der Waals surface area contributed by atoms with E-state index in [1.54, 1.807) is 4.90 Å². The number of guanidine groups is 1. The first-order valence-corrected chi connectivity index (χ1v) is 5.91. The number of aliphatic imine (C=N–C) groups is 1. The Kier molecular flexibility index (Phi) is 7.97. The van der Waals surface area contributed by atoms with Crippen molar-refractivity contribution >= 4 is 35.8 Å². The third-order valence-electron chi connectivity index (χ3n) is 2.85. The molecule has 6 heteroatoms. The summed E-state index contributed by atoms with van der Waals surface area (Å²) >= 11 is 0. The number of hydrogen-bond acceptors (Lipinski definition) is 2. The largest absolute Gasteiger partial charge is 0.370 e. The Balaban J connectivity index is 0.00000289. The molecule has 1 amide bonds. The van der Waals surface area contributed by atoms with Gasteiger partial charge in [-0.15, -0.1) is 24.0 Å². The van der Waals surface area contributed by atoms with Crippen molar-refractivity contribution in [2.45, 2.75) is 19.8 Å². The van der Waals surface area contributed by atoms with E-state index >= 15 is 0 Å². The number of nitrogens with one attached hydrogen (secondary N) is 1. The van der Waals surface area contributed by atoms with Crippen molar-refractivity contribution in [2.75, 3.05) is 26.7 Å². The van der Waals surface area contributed by atoms with Crippen molar-refractivity contribution in [3.63, 3.8) is 0 Å². The molecule has 104 valence electrons. The molecule has 1 fully saturated rings. The van der Waals surface area contributed by atoms with E-state index in [0.717, 1.165) is 18.5 Å². The maximum absolute atomic E-state index is 11.5. The molecule has 18 heavy (non-hydrogen) atoms. The van der Waals surface area contributed by atoms with Crippen LogP contribution < -0.4 is 11.1 Å². The number of nitrogens with zero attached hydrogens (tertiary/aromatic N) is 2. The van der Waals surface area contributed by atoms with Crippen LogP contribution in [0.4, 0.5) is 0 Å². The average Bonchev–Trinajstić information content (AvgIpc) is 2.28. The van der Waals surface area contributed by atoms with Crippen molar-refractivity contribution in [1.29, 1.82) is 0 Å². The van der Waals surface area contributed by atoms with Crippen LogP contribution >= 0.6 is 24.0 Å². The second kappa shape index (κ2) is 8.34. The number of piperidine rings is 1. The first-order valence-electron chi connectivity index (χ1n) is 5.91. The first-order chi connectivity index (χ1) is 7.99. The summed E-state index contributed by atoms with van der Waals surface area (Å²) in [5.74, 6) is 0.997. The lowest BCUT2D eigenvalue weighted by atomic mass is 9.97. The Morgan fingerprint density at radius 2 is 2.33 bits per heavy atom. The Bertz CT molecular complexity index is 330. The number of hydrogen-bond donors (Lipinski definition) is 2. The number of halogens is 1. The third kappa shape index (κ3) is 6.23. The smallest absolute Gasteiger partial charge is 0.222 e. The minimum Gasteiger partial charge on any atom is -0.370 e. The van der Waals surface area contributed by atoms with E-state index in [2.05, 4.69) is 16.9 Å². The van der Waals surface area contributed by atoms with Gasteiger partial charge < -0.3 is 16.0 Å². The normalized spacial score (nSPS) is 20.3. The maximum atomic E-state index is 11.5. The summed E-state index contributed by atoms with van der Waals surface area (Å²) < 4.78 is 0. The monoisotopic (exact) mass is 366 g/mol. The van der Waals surface area contributed by atoms with E-state index in [1.807, 2.05) is 14.0 Å². The highest BCUT2D eigenvalue weighted by Crippen LogP contribution is 2.15. The van der Waals surface area contributed by atoms with E-state index in [1.165, 1.54) is 0 Å². The molecule has 1 unspecified atom stereocenters. The van der Waals surface area contributed by atoms with Gasteiger partial charge in [-0.2, -0.15) is 0 Å². The molecule has 0 radical (unpaired) electrons. The molecule has 1 aliphatic heterocycles. The summed E-state index contributed by atoms with van der Waals surface area (Å²) in [6, 6.07) is 0. The number of amides is 1. The Labute approximate surface area is 126 Å². The molecule has 0 aromatic rings. The van der Waals surface area contributed by atoms with Crippen LogP contribution in [0, 0.1) is 5.92 Å². The van der Waals surface area contributed by atoms with Crippen LogP contribution in [0.3, 0.4) is 0 Å². The van der Waals surface area contributed by atoms with Crippen molar-refractivity contribution in [3.8, 4) is 0 Å². The fourth-order valence-electron chi connectivity index (χ4n) is 1.70. The predicted octanol–water partition coefficient (Wildman–Crippen LogP) is 0.953. The number of carbonyl (C=O) groups is 1. The van der Waals surface area contributed by atoms with Crippen LogP contribution in [-0.4, -0.2) is 43.4 Å². The lowest BCUT2D eigenvalue weighted by molar-refractivity contribution is -0.133. The van der Waals surface area contributed by atoms with Gasteiger partial charge in [-0.3, -0.25) is 4.79 Å². The molecule has 0 spiro atoms. The minimum absolute atomic E-state index is 0. The number of rotatable bonds is 4. The quantitative estimate of drug-likeness (QED) is 0.337. The highest BCUT2D eigenvalue weighted by Gasteiger charge is 2.22.